The molecule has 0 radical (unpaired) electrons. The molecule has 0 amide bonds. The fourth-order valence-electron chi connectivity index (χ4n) is 2.88. The Labute approximate surface area is 120 Å². The summed E-state index contributed by atoms with van der Waals surface area (Å²) in [5, 5.41) is 9.32. The molecular weight excluding hydrogens is 250 g/mol. The van der Waals surface area contributed by atoms with Gasteiger partial charge in [0.1, 0.15) is 0 Å². The third kappa shape index (κ3) is 3.94. The number of likely N-dealkylation sites (tertiary alicyclic amines) is 1. The molecule has 0 unspecified atom stereocenters. The van der Waals surface area contributed by atoms with Crippen molar-refractivity contribution in [1.82, 2.24) is 4.90 Å². The highest BCUT2D eigenvalue weighted by molar-refractivity contribution is 5.87. The van der Waals surface area contributed by atoms with E-state index < -0.39 is 5.97 Å². The van der Waals surface area contributed by atoms with Crippen LogP contribution in [-0.2, 0) is 11.3 Å². The molecule has 1 aliphatic rings. The molecule has 1 aromatic carbocycles. The van der Waals surface area contributed by atoms with Crippen LogP contribution in [0.4, 0.5) is 0 Å². The maximum Gasteiger partial charge on any atom is 0.331 e. The van der Waals surface area contributed by atoms with Crippen molar-refractivity contribution in [2.45, 2.75) is 39.2 Å². The lowest BCUT2D eigenvalue weighted by atomic mass is 10.0. The van der Waals surface area contributed by atoms with Crippen molar-refractivity contribution in [3.8, 4) is 0 Å². The van der Waals surface area contributed by atoms with Crippen molar-refractivity contribution in [2.75, 3.05) is 13.1 Å². The minimum atomic E-state index is -0.746. The summed E-state index contributed by atoms with van der Waals surface area (Å²) in [5.41, 5.74) is 3.03. The van der Waals surface area contributed by atoms with Crippen LogP contribution < -0.4 is 0 Å². The van der Waals surface area contributed by atoms with Gasteiger partial charge in [0.2, 0.25) is 0 Å². The van der Waals surface area contributed by atoms with Gasteiger partial charge in [-0.15, -0.1) is 0 Å². The molecule has 20 heavy (non-hydrogen) atoms. The summed E-state index contributed by atoms with van der Waals surface area (Å²) in [6.07, 6.45) is 3.79. The molecule has 1 fully saturated rings. The van der Waals surface area contributed by atoms with Gasteiger partial charge in [-0.2, -0.15) is 0 Å². The van der Waals surface area contributed by atoms with Gasteiger partial charge in [-0.05, 0) is 43.4 Å². The summed E-state index contributed by atoms with van der Waals surface area (Å²) in [5.74, 6) is -0.746. The van der Waals surface area contributed by atoms with Crippen LogP contribution in [0.2, 0.25) is 0 Å². The Morgan fingerprint density at radius 1 is 1.25 bits per heavy atom. The number of carboxylic acids is 1. The fraction of sp³-hybridized carbons (Fsp3) is 0.471. The average Bonchev–Trinajstić information content (AvgIpc) is 2.66. The molecule has 0 atom stereocenters. The highest BCUT2D eigenvalue weighted by Gasteiger charge is 2.18. The first-order chi connectivity index (χ1) is 9.70. The Morgan fingerprint density at radius 2 is 2.00 bits per heavy atom. The van der Waals surface area contributed by atoms with Crippen molar-refractivity contribution in [3.63, 3.8) is 0 Å². The number of carbonyl (C=O) groups is 1. The normalized spacial score (nSPS) is 19.4. The van der Waals surface area contributed by atoms with E-state index in [0.29, 0.717) is 12.0 Å². The minimum Gasteiger partial charge on any atom is -0.478 e. The number of hydrogen-bond acceptors (Lipinski definition) is 2. The Hall–Kier alpha value is -1.61. The molecule has 3 nitrogen and oxygen atoms in total. The van der Waals surface area contributed by atoms with Gasteiger partial charge in [-0.3, -0.25) is 4.90 Å². The lowest BCUT2D eigenvalue weighted by molar-refractivity contribution is -0.132. The van der Waals surface area contributed by atoms with Crippen molar-refractivity contribution >= 4 is 5.97 Å². The molecule has 0 aliphatic carbocycles. The zero-order valence-corrected chi connectivity index (χ0v) is 12.1. The first-order valence-corrected chi connectivity index (χ1v) is 7.41. The van der Waals surface area contributed by atoms with E-state index in [0.717, 1.165) is 44.5 Å². The SMILES string of the molecule is CC/C(C(=O)O)=C1/CCCCN(Cc2ccccc2)C1. The number of hydrogen-bond donors (Lipinski definition) is 1. The van der Waals surface area contributed by atoms with E-state index in [1.807, 2.05) is 13.0 Å². The van der Waals surface area contributed by atoms with Gasteiger partial charge in [-0.1, -0.05) is 37.3 Å². The van der Waals surface area contributed by atoms with Gasteiger partial charge in [0, 0.05) is 18.7 Å². The van der Waals surface area contributed by atoms with Crippen LogP contribution in [0.1, 0.15) is 38.2 Å². The van der Waals surface area contributed by atoms with Crippen molar-refractivity contribution in [3.05, 3.63) is 47.0 Å². The number of carboxylic acid groups (broad SMARTS) is 1. The van der Waals surface area contributed by atoms with E-state index in [-0.39, 0.29) is 0 Å². The van der Waals surface area contributed by atoms with Gasteiger partial charge in [0.25, 0.3) is 0 Å². The topological polar surface area (TPSA) is 40.5 Å². The van der Waals surface area contributed by atoms with E-state index in [1.165, 1.54) is 5.56 Å². The van der Waals surface area contributed by atoms with E-state index in [2.05, 4.69) is 29.2 Å². The van der Waals surface area contributed by atoms with Crippen LogP contribution in [0.15, 0.2) is 41.5 Å². The van der Waals surface area contributed by atoms with Crippen LogP contribution in [0.25, 0.3) is 0 Å². The van der Waals surface area contributed by atoms with Gasteiger partial charge >= 0.3 is 5.97 Å². The molecule has 2 rings (SSSR count). The van der Waals surface area contributed by atoms with Gasteiger partial charge in [0.15, 0.2) is 0 Å². The Bertz CT molecular complexity index is 479. The molecule has 3 heteroatoms. The van der Waals surface area contributed by atoms with Crippen LogP contribution in [0.3, 0.4) is 0 Å². The molecule has 1 saturated heterocycles. The largest absolute Gasteiger partial charge is 0.478 e. The average molecular weight is 273 g/mol. The molecular formula is C17H23NO2. The summed E-state index contributed by atoms with van der Waals surface area (Å²) in [4.78, 5) is 13.7. The number of benzene rings is 1. The molecule has 1 heterocycles. The number of rotatable bonds is 4. The predicted molar refractivity (Wildman–Crippen MR) is 80.5 cm³/mol. The number of aliphatic carboxylic acids is 1. The maximum atomic E-state index is 11.3. The molecule has 0 aromatic heterocycles. The van der Waals surface area contributed by atoms with Crippen LogP contribution >= 0.6 is 0 Å². The standard InChI is InChI=1S/C17H23NO2/c1-2-16(17(19)20)15-10-6-7-11-18(13-15)12-14-8-4-3-5-9-14/h3-5,8-9H,2,6-7,10-13H2,1H3,(H,19,20)/b16-15+. The van der Waals surface area contributed by atoms with Gasteiger partial charge < -0.3 is 5.11 Å². The molecule has 108 valence electrons. The van der Waals surface area contributed by atoms with Gasteiger partial charge in [0.05, 0.1) is 0 Å². The summed E-state index contributed by atoms with van der Waals surface area (Å²) >= 11 is 0. The Balaban J connectivity index is 2.13. The highest BCUT2D eigenvalue weighted by atomic mass is 16.4. The Kier molecular flexibility index (Phi) is 5.36. The van der Waals surface area contributed by atoms with Crippen LogP contribution in [0, 0.1) is 0 Å². The summed E-state index contributed by atoms with van der Waals surface area (Å²) < 4.78 is 0. The zero-order valence-electron chi connectivity index (χ0n) is 12.1. The number of nitrogens with zero attached hydrogens (tertiary/aromatic N) is 1. The summed E-state index contributed by atoms with van der Waals surface area (Å²) in [7, 11) is 0. The lowest BCUT2D eigenvalue weighted by Gasteiger charge is -2.21. The maximum absolute atomic E-state index is 11.3. The molecule has 0 bridgehead atoms. The lowest BCUT2D eigenvalue weighted by Crippen LogP contribution is -2.26. The predicted octanol–water partition coefficient (Wildman–Crippen LogP) is 3.46. The summed E-state index contributed by atoms with van der Waals surface area (Å²) in [6.45, 7) is 4.68. The zero-order chi connectivity index (χ0) is 14.4. The first kappa shape index (κ1) is 14.8. The molecule has 0 saturated carbocycles. The van der Waals surface area contributed by atoms with E-state index >= 15 is 0 Å². The smallest absolute Gasteiger partial charge is 0.331 e. The third-order valence-corrected chi connectivity index (χ3v) is 3.90. The molecule has 1 aromatic rings. The first-order valence-electron chi connectivity index (χ1n) is 7.41. The highest BCUT2D eigenvalue weighted by Crippen LogP contribution is 2.22. The van der Waals surface area contributed by atoms with Crippen LogP contribution in [0.5, 0.6) is 0 Å². The second kappa shape index (κ2) is 7.25. The monoisotopic (exact) mass is 273 g/mol. The quantitative estimate of drug-likeness (QED) is 0.854. The van der Waals surface area contributed by atoms with Crippen molar-refractivity contribution < 1.29 is 9.90 Å². The van der Waals surface area contributed by atoms with E-state index in [1.54, 1.807) is 0 Å². The fourth-order valence-corrected chi connectivity index (χ4v) is 2.88. The van der Waals surface area contributed by atoms with Crippen molar-refractivity contribution in [1.29, 1.82) is 0 Å². The second-order valence-electron chi connectivity index (χ2n) is 5.39. The molecule has 1 aliphatic heterocycles. The van der Waals surface area contributed by atoms with E-state index in [4.69, 9.17) is 0 Å². The van der Waals surface area contributed by atoms with Gasteiger partial charge in [-0.25, -0.2) is 4.79 Å². The second-order valence-corrected chi connectivity index (χ2v) is 5.39. The Morgan fingerprint density at radius 3 is 2.65 bits per heavy atom. The van der Waals surface area contributed by atoms with Crippen LogP contribution in [-0.4, -0.2) is 29.1 Å². The van der Waals surface area contributed by atoms with E-state index in [9.17, 15) is 9.90 Å². The van der Waals surface area contributed by atoms with Crippen molar-refractivity contribution in [2.24, 2.45) is 0 Å². The molecule has 1 N–H and O–H groups in total. The molecule has 0 spiro atoms. The summed E-state index contributed by atoms with van der Waals surface area (Å²) in [6, 6.07) is 10.4. The third-order valence-electron chi connectivity index (χ3n) is 3.90. The minimum absolute atomic E-state index is 0.615.